The molecule has 2 aromatic heterocycles. The number of fused-ring (bicyclic) bond motifs is 1. The lowest BCUT2D eigenvalue weighted by molar-refractivity contribution is -0.140. The van der Waals surface area contributed by atoms with Crippen LogP contribution in [-0.4, -0.2) is 28.1 Å². The summed E-state index contributed by atoms with van der Waals surface area (Å²) in [5.74, 6) is -0.767. The number of carbonyl (C=O) groups is 1. The zero-order chi connectivity index (χ0) is 27.6. The van der Waals surface area contributed by atoms with E-state index in [1.165, 1.54) is 37.5 Å². The summed E-state index contributed by atoms with van der Waals surface area (Å²) in [6, 6.07) is 8.66. The van der Waals surface area contributed by atoms with Crippen molar-refractivity contribution in [3.8, 4) is 17.2 Å². The number of aliphatic hydroxyl groups excluding tert-OH is 1. The lowest BCUT2D eigenvalue weighted by Crippen LogP contribution is -2.25. The number of nitrogens with two attached hydrogens (primary N) is 1. The Morgan fingerprint density at radius 1 is 1.21 bits per heavy atom. The number of carbonyl (C=O) groups excluding carboxylic acids is 1. The minimum absolute atomic E-state index is 0.0250. The lowest BCUT2D eigenvalue weighted by Gasteiger charge is -2.11. The normalized spacial score (nSPS) is 12.7. The maximum absolute atomic E-state index is 13.3. The SMILES string of the molecule is COc1ccc(-c2nc(C(=O)NCc3ccc(Cl)cc3Cl)c(C(N)/C=C/O)o2)c2ccc(C(F)(F)F)nc12. The molecule has 4 N–H and O–H groups in total. The number of aromatic nitrogens is 2. The van der Waals surface area contributed by atoms with Crippen LogP contribution >= 0.6 is 23.2 Å². The molecule has 8 nitrogen and oxygen atoms in total. The van der Waals surface area contributed by atoms with Gasteiger partial charge < -0.3 is 25.3 Å². The first-order valence-electron chi connectivity index (χ1n) is 10.9. The predicted octanol–water partition coefficient (Wildman–Crippen LogP) is 6.23. The molecule has 0 aliphatic carbocycles. The smallest absolute Gasteiger partial charge is 0.433 e. The number of aliphatic hydroxyl groups is 1. The molecule has 38 heavy (non-hydrogen) atoms. The van der Waals surface area contributed by atoms with Crippen molar-refractivity contribution in [2.45, 2.75) is 18.8 Å². The van der Waals surface area contributed by atoms with E-state index < -0.39 is 23.8 Å². The highest BCUT2D eigenvalue weighted by Crippen LogP contribution is 2.37. The van der Waals surface area contributed by atoms with Gasteiger partial charge in [0.2, 0.25) is 5.89 Å². The van der Waals surface area contributed by atoms with Gasteiger partial charge in [-0.15, -0.1) is 0 Å². The van der Waals surface area contributed by atoms with Crippen LogP contribution < -0.4 is 15.8 Å². The maximum Gasteiger partial charge on any atom is 0.433 e. The molecule has 13 heteroatoms. The Balaban J connectivity index is 1.78. The van der Waals surface area contributed by atoms with Gasteiger partial charge in [0, 0.05) is 27.5 Å². The molecule has 4 rings (SSSR count). The van der Waals surface area contributed by atoms with E-state index in [-0.39, 0.29) is 46.1 Å². The van der Waals surface area contributed by atoms with Crippen molar-refractivity contribution >= 4 is 40.0 Å². The number of hydrogen-bond acceptors (Lipinski definition) is 7. The summed E-state index contributed by atoms with van der Waals surface area (Å²) < 4.78 is 50.9. The van der Waals surface area contributed by atoms with Crippen LogP contribution in [0, 0.1) is 0 Å². The number of methoxy groups -OCH3 is 1. The largest absolute Gasteiger partial charge is 0.516 e. The fourth-order valence-electron chi connectivity index (χ4n) is 3.64. The van der Waals surface area contributed by atoms with Gasteiger partial charge in [-0.1, -0.05) is 29.3 Å². The zero-order valence-electron chi connectivity index (χ0n) is 19.5. The minimum atomic E-state index is -4.67. The van der Waals surface area contributed by atoms with Gasteiger partial charge in [-0.3, -0.25) is 4.79 Å². The van der Waals surface area contributed by atoms with Crippen LogP contribution in [0.1, 0.15) is 33.5 Å². The molecule has 0 saturated heterocycles. The number of amides is 1. The van der Waals surface area contributed by atoms with Crippen molar-refractivity contribution in [2.75, 3.05) is 7.11 Å². The Bertz CT molecular complexity index is 1540. The van der Waals surface area contributed by atoms with E-state index >= 15 is 0 Å². The van der Waals surface area contributed by atoms with Gasteiger partial charge in [0.1, 0.15) is 17.0 Å². The predicted molar refractivity (Wildman–Crippen MR) is 135 cm³/mol. The molecule has 2 aromatic carbocycles. The second-order valence-electron chi connectivity index (χ2n) is 7.92. The number of nitrogens with one attached hydrogen (secondary N) is 1. The van der Waals surface area contributed by atoms with Crippen LogP contribution in [0.2, 0.25) is 10.0 Å². The average molecular weight is 567 g/mol. The van der Waals surface area contributed by atoms with E-state index in [4.69, 9.17) is 38.1 Å². The third-order valence-corrected chi connectivity index (χ3v) is 6.07. The third kappa shape index (κ3) is 5.54. The minimum Gasteiger partial charge on any atom is -0.516 e. The highest BCUT2D eigenvalue weighted by molar-refractivity contribution is 6.35. The lowest BCUT2D eigenvalue weighted by atomic mass is 10.1. The molecule has 0 radical (unpaired) electrons. The molecule has 1 atom stereocenters. The molecule has 0 saturated carbocycles. The van der Waals surface area contributed by atoms with E-state index in [0.717, 1.165) is 6.07 Å². The van der Waals surface area contributed by atoms with Crippen molar-refractivity contribution in [3.63, 3.8) is 0 Å². The molecule has 0 aliphatic rings. The third-order valence-electron chi connectivity index (χ3n) is 5.48. The van der Waals surface area contributed by atoms with Crippen molar-refractivity contribution in [1.29, 1.82) is 0 Å². The summed E-state index contributed by atoms with van der Waals surface area (Å²) in [5.41, 5.74) is 5.50. The van der Waals surface area contributed by atoms with Gasteiger partial charge in [0.15, 0.2) is 11.5 Å². The number of benzene rings is 2. The fourth-order valence-corrected chi connectivity index (χ4v) is 4.12. The number of halogens is 5. The Morgan fingerprint density at radius 3 is 2.63 bits per heavy atom. The quantitative estimate of drug-likeness (QED) is 0.227. The van der Waals surface area contributed by atoms with Crippen molar-refractivity contribution < 1.29 is 32.2 Å². The molecule has 0 aliphatic heterocycles. The number of alkyl halides is 3. The molecular formula is C25H19Cl2F3N4O4. The Kier molecular flexibility index (Phi) is 7.81. The summed E-state index contributed by atoms with van der Waals surface area (Å²) >= 11 is 12.1. The van der Waals surface area contributed by atoms with Gasteiger partial charge in [0.25, 0.3) is 5.91 Å². The molecule has 1 amide bonds. The molecule has 0 spiro atoms. The highest BCUT2D eigenvalue weighted by atomic mass is 35.5. The Morgan fingerprint density at radius 2 is 1.97 bits per heavy atom. The van der Waals surface area contributed by atoms with Gasteiger partial charge in [-0.25, -0.2) is 9.97 Å². The summed E-state index contributed by atoms with van der Waals surface area (Å²) in [6.45, 7) is 0.0250. The number of oxazole rings is 1. The number of pyridine rings is 1. The first-order chi connectivity index (χ1) is 18.0. The Hall–Kier alpha value is -3.80. The van der Waals surface area contributed by atoms with Gasteiger partial charge in [-0.2, -0.15) is 13.2 Å². The molecule has 198 valence electrons. The number of rotatable bonds is 7. The first kappa shape index (κ1) is 27.2. The van der Waals surface area contributed by atoms with Gasteiger partial charge >= 0.3 is 6.18 Å². The van der Waals surface area contributed by atoms with Crippen molar-refractivity contribution in [2.24, 2.45) is 5.73 Å². The summed E-state index contributed by atoms with van der Waals surface area (Å²) in [7, 11) is 1.30. The topological polar surface area (TPSA) is 124 Å². The fraction of sp³-hybridized carbons (Fsp3) is 0.160. The second-order valence-corrected chi connectivity index (χ2v) is 8.77. The molecule has 4 aromatic rings. The van der Waals surface area contributed by atoms with Crippen LogP contribution in [0.4, 0.5) is 13.2 Å². The maximum atomic E-state index is 13.3. The molecule has 1 unspecified atom stereocenters. The number of ether oxygens (including phenoxy) is 1. The summed E-state index contributed by atoms with van der Waals surface area (Å²) in [6.07, 6.45) is -2.82. The molecule has 2 heterocycles. The standard InChI is InChI=1S/C25H19Cl2F3N4O4/c1-37-18-6-4-15(14-5-7-19(25(28,29)30)33-20(14)18)24-34-21(22(38-24)17(31)8-9-35)23(36)32-11-12-2-3-13(26)10-16(12)27/h2-10,17,35H,11,31H2,1H3,(H,32,36)/b9-8+. The van der Waals surface area contributed by atoms with E-state index in [0.29, 0.717) is 21.9 Å². The summed E-state index contributed by atoms with van der Waals surface area (Å²) in [5, 5.41) is 12.9. The molecule has 0 bridgehead atoms. The van der Waals surface area contributed by atoms with Crippen LogP contribution in [-0.2, 0) is 12.7 Å². The first-order valence-corrected chi connectivity index (χ1v) is 11.6. The zero-order valence-corrected chi connectivity index (χ0v) is 21.0. The highest BCUT2D eigenvalue weighted by Gasteiger charge is 2.33. The van der Waals surface area contributed by atoms with Crippen LogP contribution in [0.5, 0.6) is 5.75 Å². The van der Waals surface area contributed by atoms with Crippen LogP contribution in [0.15, 0.2) is 59.2 Å². The summed E-state index contributed by atoms with van der Waals surface area (Å²) in [4.78, 5) is 21.1. The average Bonchev–Trinajstić information content (AvgIpc) is 3.32. The second kappa shape index (κ2) is 10.9. The monoisotopic (exact) mass is 566 g/mol. The number of hydrogen-bond donors (Lipinski definition) is 3. The number of nitrogens with zero attached hydrogens (tertiary/aromatic N) is 2. The van der Waals surface area contributed by atoms with E-state index in [2.05, 4.69) is 15.3 Å². The molecular weight excluding hydrogens is 548 g/mol. The van der Waals surface area contributed by atoms with Crippen LogP contribution in [0.25, 0.3) is 22.4 Å². The van der Waals surface area contributed by atoms with Gasteiger partial charge in [0.05, 0.1) is 19.4 Å². The van der Waals surface area contributed by atoms with E-state index in [1.54, 1.807) is 12.1 Å². The Labute approximate surface area is 223 Å². The van der Waals surface area contributed by atoms with E-state index in [1.807, 2.05) is 0 Å². The van der Waals surface area contributed by atoms with Crippen LogP contribution in [0.3, 0.4) is 0 Å². The van der Waals surface area contributed by atoms with Crippen molar-refractivity contribution in [3.05, 3.63) is 87.6 Å². The van der Waals surface area contributed by atoms with Crippen molar-refractivity contribution in [1.82, 2.24) is 15.3 Å². The van der Waals surface area contributed by atoms with Gasteiger partial charge in [-0.05, 0) is 48.0 Å². The molecule has 0 fully saturated rings. The van der Waals surface area contributed by atoms with E-state index in [9.17, 15) is 23.1 Å².